The molecule has 5 heterocycles. The standard InChI is InChI=1S/C32H54O27/c1-49-23-13(36)9(54-28(48)21(23)44)5-51-29-19(42)15(38)12(35)8(56-29)4-52-30-22(45)24(50-2)14(37)10(57-30)6-53-32-26(17(40)11(34)7(3-33)55-32)59-31-20(43)16(39)18(41)25(58-31)27(46)47/h7-26,28-45,48H,3-6H2,1-2H3,(H,46,47)/t7-,8-,9-,10-,11+,12+,13+,14+,15+,16+,17+,18+,19-,20-,21-,22-,23+,24+,25+,26-,28+,29+,30+,31+,32+/m1/s1. The summed E-state index contributed by atoms with van der Waals surface area (Å²) in [7, 11) is 2.29. The number of aliphatic carboxylic acids is 1. The summed E-state index contributed by atoms with van der Waals surface area (Å²) in [6.07, 6.45) is -44.0. The van der Waals surface area contributed by atoms with Crippen LogP contribution in [0.4, 0.5) is 0 Å². The zero-order valence-electron chi connectivity index (χ0n) is 31.4. The number of rotatable bonds is 15. The van der Waals surface area contributed by atoms with Crippen molar-refractivity contribution in [2.75, 3.05) is 40.6 Å². The van der Waals surface area contributed by atoms with Crippen molar-refractivity contribution in [1.82, 2.24) is 0 Å². The van der Waals surface area contributed by atoms with Crippen molar-refractivity contribution in [3.63, 3.8) is 0 Å². The van der Waals surface area contributed by atoms with Crippen LogP contribution in [0.25, 0.3) is 0 Å². The first-order chi connectivity index (χ1) is 27.9. The number of methoxy groups -OCH3 is 2. The second-order valence-corrected chi connectivity index (χ2v) is 14.5. The third-order valence-electron chi connectivity index (χ3n) is 10.7. The molecular formula is C32H54O27. The Hall–Kier alpha value is -1.53. The van der Waals surface area contributed by atoms with Crippen molar-refractivity contribution >= 4 is 5.97 Å². The summed E-state index contributed by atoms with van der Waals surface area (Å²) >= 11 is 0. The molecule has 5 fully saturated rings. The lowest BCUT2D eigenvalue weighted by Crippen LogP contribution is -2.65. The largest absolute Gasteiger partial charge is 0.479 e. The van der Waals surface area contributed by atoms with E-state index in [1.807, 2.05) is 0 Å². The average Bonchev–Trinajstić information content (AvgIpc) is 3.20. The molecule has 27 nitrogen and oxygen atoms in total. The highest BCUT2D eigenvalue weighted by Gasteiger charge is 2.54. The van der Waals surface area contributed by atoms with Crippen molar-refractivity contribution in [2.45, 2.75) is 154 Å². The molecule has 5 rings (SSSR count). The molecule has 0 aliphatic carbocycles. The molecule has 344 valence electrons. The zero-order chi connectivity index (χ0) is 43.6. The summed E-state index contributed by atoms with van der Waals surface area (Å²) < 4.78 is 59.8. The summed E-state index contributed by atoms with van der Waals surface area (Å²) in [5, 5.41) is 156. The predicted octanol–water partition coefficient (Wildman–Crippen LogP) is -10.5. The van der Waals surface area contributed by atoms with E-state index in [1.54, 1.807) is 0 Å². The van der Waals surface area contributed by atoms with Gasteiger partial charge in [0.15, 0.2) is 37.6 Å². The lowest BCUT2D eigenvalue weighted by atomic mass is 9.97. The molecular weight excluding hydrogens is 816 g/mol. The van der Waals surface area contributed by atoms with Crippen molar-refractivity contribution in [3.05, 3.63) is 0 Å². The van der Waals surface area contributed by atoms with Gasteiger partial charge in [-0.2, -0.15) is 0 Å². The third-order valence-corrected chi connectivity index (χ3v) is 10.7. The van der Waals surface area contributed by atoms with Crippen LogP contribution in [0, 0.1) is 0 Å². The number of aliphatic hydroxyl groups excluding tert-OH is 14. The van der Waals surface area contributed by atoms with Gasteiger partial charge in [0.2, 0.25) is 0 Å². The quantitative estimate of drug-likeness (QED) is 0.0726. The average molecular weight is 871 g/mol. The summed E-state index contributed by atoms with van der Waals surface area (Å²) in [5.41, 5.74) is 0. The molecule has 5 saturated heterocycles. The molecule has 0 radical (unpaired) electrons. The maximum absolute atomic E-state index is 11.6. The Labute approximate surface area is 333 Å². The highest BCUT2D eigenvalue weighted by Crippen LogP contribution is 2.32. The Bertz CT molecular complexity index is 1320. The first-order valence-corrected chi connectivity index (χ1v) is 18.4. The van der Waals surface area contributed by atoms with Crippen LogP contribution in [0.5, 0.6) is 0 Å². The van der Waals surface area contributed by atoms with Crippen molar-refractivity contribution in [3.8, 4) is 0 Å². The molecule has 15 N–H and O–H groups in total. The summed E-state index contributed by atoms with van der Waals surface area (Å²) in [6, 6.07) is 0. The van der Waals surface area contributed by atoms with Gasteiger partial charge in [-0.05, 0) is 0 Å². The van der Waals surface area contributed by atoms with Gasteiger partial charge in [-0.25, -0.2) is 4.79 Å². The number of hydrogen-bond acceptors (Lipinski definition) is 26. The Morgan fingerprint density at radius 1 is 0.441 bits per heavy atom. The minimum atomic E-state index is -2.11. The Morgan fingerprint density at radius 3 is 1.42 bits per heavy atom. The van der Waals surface area contributed by atoms with Crippen LogP contribution in [0.15, 0.2) is 0 Å². The van der Waals surface area contributed by atoms with E-state index >= 15 is 0 Å². The molecule has 0 spiro atoms. The summed E-state index contributed by atoms with van der Waals surface area (Å²) in [4.78, 5) is 11.6. The SMILES string of the molecule is CO[C@@H]1[C@@H](O)[C@@H](O)O[C@H](CO[C@H]2O[C@H](CO[C@H]3O[C@H](CO[C@H]4O[C@H](CO)[C@H](O)[C@H](O)[C@H]4O[C@@H]4O[C@H](C(=O)O)[C@@H](O)[C@H](O)[C@H]4O)[C@H](O)[C@H](OC)[C@H]3O)[C@H](O)[C@H](O)[C@H]2O)[C@@H]1O. The minimum Gasteiger partial charge on any atom is -0.479 e. The number of carboxylic acids is 1. The van der Waals surface area contributed by atoms with Crippen LogP contribution < -0.4 is 0 Å². The molecule has 27 heteroatoms. The van der Waals surface area contributed by atoms with Crippen LogP contribution in [0.1, 0.15) is 0 Å². The zero-order valence-corrected chi connectivity index (χ0v) is 31.4. The van der Waals surface area contributed by atoms with Gasteiger partial charge < -0.3 is 129 Å². The van der Waals surface area contributed by atoms with Gasteiger partial charge in [0.05, 0.1) is 26.4 Å². The molecule has 0 bridgehead atoms. The van der Waals surface area contributed by atoms with Crippen molar-refractivity contribution in [1.29, 1.82) is 0 Å². The van der Waals surface area contributed by atoms with Crippen LogP contribution in [0.2, 0.25) is 0 Å². The van der Waals surface area contributed by atoms with E-state index in [1.165, 1.54) is 7.11 Å². The highest BCUT2D eigenvalue weighted by atomic mass is 16.8. The van der Waals surface area contributed by atoms with Gasteiger partial charge in [0.25, 0.3) is 0 Å². The van der Waals surface area contributed by atoms with E-state index in [2.05, 4.69) is 0 Å². The molecule has 25 atom stereocenters. The Balaban J connectivity index is 1.24. The topological polar surface area (TPSA) is 422 Å². The number of carboxylic acid groups (broad SMARTS) is 1. The fourth-order valence-corrected chi connectivity index (χ4v) is 7.20. The van der Waals surface area contributed by atoms with E-state index in [9.17, 15) is 81.4 Å². The van der Waals surface area contributed by atoms with Gasteiger partial charge in [-0.15, -0.1) is 0 Å². The van der Waals surface area contributed by atoms with Crippen LogP contribution in [0.3, 0.4) is 0 Å². The molecule has 0 aromatic rings. The Morgan fingerprint density at radius 2 is 0.881 bits per heavy atom. The van der Waals surface area contributed by atoms with Gasteiger partial charge in [-0.1, -0.05) is 0 Å². The van der Waals surface area contributed by atoms with E-state index in [-0.39, 0.29) is 0 Å². The van der Waals surface area contributed by atoms with Crippen molar-refractivity contribution < 1.29 is 133 Å². The van der Waals surface area contributed by atoms with Crippen LogP contribution >= 0.6 is 0 Å². The molecule has 0 saturated carbocycles. The van der Waals surface area contributed by atoms with E-state index in [0.717, 1.165) is 7.11 Å². The van der Waals surface area contributed by atoms with E-state index in [4.69, 9.17) is 52.1 Å². The fraction of sp³-hybridized carbons (Fsp3) is 0.969. The maximum atomic E-state index is 11.6. The van der Waals surface area contributed by atoms with Gasteiger partial charge in [-0.3, -0.25) is 0 Å². The van der Waals surface area contributed by atoms with E-state index in [0.29, 0.717) is 0 Å². The minimum absolute atomic E-state index is 0.587. The molecule has 5 aliphatic heterocycles. The highest BCUT2D eigenvalue weighted by molar-refractivity contribution is 5.73. The first kappa shape index (κ1) is 48.5. The molecule has 0 amide bonds. The van der Waals surface area contributed by atoms with Crippen LogP contribution in [-0.4, -0.2) is 277 Å². The second kappa shape index (κ2) is 20.8. The molecule has 59 heavy (non-hydrogen) atoms. The maximum Gasteiger partial charge on any atom is 0.335 e. The lowest BCUT2D eigenvalue weighted by molar-refractivity contribution is -0.371. The predicted molar refractivity (Wildman–Crippen MR) is 177 cm³/mol. The monoisotopic (exact) mass is 870 g/mol. The normalized spacial score (nSPS) is 51.0. The van der Waals surface area contributed by atoms with Gasteiger partial charge in [0, 0.05) is 14.2 Å². The lowest BCUT2D eigenvalue weighted by Gasteiger charge is -2.46. The van der Waals surface area contributed by atoms with Gasteiger partial charge in [0.1, 0.15) is 116 Å². The van der Waals surface area contributed by atoms with Gasteiger partial charge >= 0.3 is 5.97 Å². The smallest absolute Gasteiger partial charge is 0.335 e. The summed E-state index contributed by atoms with van der Waals surface area (Å²) in [5.74, 6) is -1.75. The summed E-state index contributed by atoms with van der Waals surface area (Å²) in [6.45, 7) is -2.89. The number of hydrogen-bond donors (Lipinski definition) is 15. The fourth-order valence-electron chi connectivity index (χ4n) is 7.20. The number of ether oxygens (including phenoxy) is 11. The number of carbonyl (C=O) groups is 1. The Kier molecular flexibility index (Phi) is 17.1. The molecule has 0 aromatic carbocycles. The first-order valence-electron chi connectivity index (χ1n) is 18.4. The second-order valence-electron chi connectivity index (χ2n) is 14.5. The third kappa shape index (κ3) is 10.3. The molecule has 0 aromatic heterocycles. The molecule has 0 unspecified atom stereocenters. The van der Waals surface area contributed by atoms with E-state index < -0.39 is 186 Å². The number of aliphatic hydroxyl groups is 14. The van der Waals surface area contributed by atoms with Crippen LogP contribution in [-0.2, 0) is 56.9 Å². The van der Waals surface area contributed by atoms with Crippen molar-refractivity contribution in [2.24, 2.45) is 0 Å². The molecule has 5 aliphatic rings.